The number of nitrogens with zero attached hydrogens (tertiary/aromatic N) is 2. The predicted molar refractivity (Wildman–Crippen MR) is 69.3 cm³/mol. The fraction of sp³-hybridized carbons (Fsp3) is 0.923. The van der Waals surface area contributed by atoms with Gasteiger partial charge in [-0.15, -0.1) is 0 Å². The van der Waals surface area contributed by atoms with Crippen LogP contribution in [0.15, 0.2) is 0 Å². The van der Waals surface area contributed by atoms with Gasteiger partial charge in [0, 0.05) is 26.2 Å². The molecule has 0 aromatic carbocycles. The van der Waals surface area contributed by atoms with Crippen LogP contribution in [0.25, 0.3) is 0 Å². The van der Waals surface area contributed by atoms with Crippen molar-refractivity contribution < 1.29 is 18.0 Å². The van der Waals surface area contributed by atoms with E-state index in [1.165, 1.54) is 24.7 Å². The average molecular weight is 293 g/mol. The Labute approximate surface area is 117 Å². The largest absolute Gasteiger partial charge is 0.403 e. The second kappa shape index (κ2) is 6.30. The quantitative estimate of drug-likeness (QED) is 0.824. The van der Waals surface area contributed by atoms with Crippen LogP contribution in [0.3, 0.4) is 0 Å². The molecule has 0 aromatic rings. The second-order valence-electron chi connectivity index (χ2n) is 5.71. The van der Waals surface area contributed by atoms with Gasteiger partial charge in [-0.2, -0.15) is 13.2 Å². The fourth-order valence-corrected chi connectivity index (χ4v) is 2.38. The zero-order valence-corrected chi connectivity index (χ0v) is 11.7. The summed E-state index contributed by atoms with van der Waals surface area (Å²) in [5.74, 6) is 0.706. The first-order chi connectivity index (χ1) is 9.38. The lowest BCUT2D eigenvalue weighted by Gasteiger charge is -2.38. The summed E-state index contributed by atoms with van der Waals surface area (Å²) in [5.41, 5.74) is 0. The summed E-state index contributed by atoms with van der Waals surface area (Å²) in [4.78, 5) is 14.9. The molecule has 1 atom stereocenters. The van der Waals surface area contributed by atoms with Crippen LogP contribution in [-0.2, 0) is 4.79 Å². The molecule has 0 aromatic heterocycles. The molecule has 1 saturated carbocycles. The molecule has 2 aliphatic rings. The highest BCUT2D eigenvalue weighted by atomic mass is 19.4. The van der Waals surface area contributed by atoms with Crippen LogP contribution in [0.1, 0.15) is 19.8 Å². The lowest BCUT2D eigenvalue weighted by molar-refractivity contribution is -0.182. The monoisotopic (exact) mass is 293 g/mol. The van der Waals surface area contributed by atoms with Gasteiger partial charge in [-0.05, 0) is 32.2 Å². The number of halogens is 3. The van der Waals surface area contributed by atoms with Gasteiger partial charge in [-0.3, -0.25) is 9.69 Å². The number of carbonyl (C=O) groups excluding carboxylic acids is 1. The number of rotatable bonds is 5. The molecule has 7 heteroatoms. The van der Waals surface area contributed by atoms with E-state index in [-0.39, 0.29) is 19.0 Å². The number of amides is 1. The van der Waals surface area contributed by atoms with Crippen LogP contribution in [0, 0.1) is 5.92 Å². The molecular weight excluding hydrogens is 271 g/mol. The zero-order valence-electron chi connectivity index (χ0n) is 11.7. The van der Waals surface area contributed by atoms with Gasteiger partial charge in [0.25, 0.3) is 0 Å². The number of carbonyl (C=O) groups is 1. The molecule has 1 amide bonds. The van der Waals surface area contributed by atoms with Gasteiger partial charge in [0.15, 0.2) is 0 Å². The standard InChI is InChI=1S/C13H22F3N3O/c1-10(13(14,15)16)18-4-6-19(7-5-18)12(20)9-17-8-11-2-3-11/h10-11,17H,2-9H2,1H3. The van der Waals surface area contributed by atoms with E-state index in [0.717, 1.165) is 6.54 Å². The van der Waals surface area contributed by atoms with E-state index in [0.29, 0.717) is 25.6 Å². The smallest absolute Gasteiger partial charge is 0.339 e. The molecule has 4 nitrogen and oxygen atoms in total. The van der Waals surface area contributed by atoms with E-state index < -0.39 is 12.2 Å². The van der Waals surface area contributed by atoms with Crippen LogP contribution in [0.2, 0.25) is 0 Å². The van der Waals surface area contributed by atoms with Gasteiger partial charge in [0.2, 0.25) is 5.91 Å². The highest BCUT2D eigenvalue weighted by molar-refractivity contribution is 5.78. The van der Waals surface area contributed by atoms with Crippen molar-refractivity contribution in [3.05, 3.63) is 0 Å². The van der Waals surface area contributed by atoms with E-state index in [1.54, 1.807) is 4.90 Å². The molecule has 0 bridgehead atoms. The van der Waals surface area contributed by atoms with Crippen molar-refractivity contribution in [3.63, 3.8) is 0 Å². The molecule has 2 rings (SSSR count). The minimum absolute atomic E-state index is 0.00929. The molecular formula is C13H22F3N3O. The summed E-state index contributed by atoms with van der Waals surface area (Å²) < 4.78 is 37.8. The fourth-order valence-electron chi connectivity index (χ4n) is 2.38. The first-order valence-corrected chi connectivity index (χ1v) is 7.17. The van der Waals surface area contributed by atoms with Gasteiger partial charge in [0.1, 0.15) is 6.04 Å². The Morgan fingerprint density at radius 3 is 2.35 bits per heavy atom. The second-order valence-corrected chi connectivity index (χ2v) is 5.71. The summed E-state index contributed by atoms with van der Waals surface area (Å²) in [6.45, 7) is 3.68. The Balaban J connectivity index is 1.68. The minimum Gasteiger partial charge on any atom is -0.339 e. The van der Waals surface area contributed by atoms with Gasteiger partial charge in [-0.25, -0.2) is 0 Å². The first kappa shape index (κ1) is 15.6. The number of nitrogens with one attached hydrogen (secondary N) is 1. The molecule has 0 radical (unpaired) electrons. The van der Waals surface area contributed by atoms with Gasteiger partial charge >= 0.3 is 6.18 Å². The van der Waals surface area contributed by atoms with Crippen molar-refractivity contribution in [2.45, 2.75) is 32.0 Å². The molecule has 116 valence electrons. The van der Waals surface area contributed by atoms with Gasteiger partial charge < -0.3 is 10.2 Å². The normalized spacial score (nSPS) is 22.9. The third-order valence-corrected chi connectivity index (χ3v) is 4.09. The van der Waals surface area contributed by atoms with Crippen LogP contribution in [0.5, 0.6) is 0 Å². The summed E-state index contributed by atoms with van der Waals surface area (Å²) in [6.07, 6.45) is -1.73. The van der Waals surface area contributed by atoms with Crippen molar-refractivity contribution in [2.75, 3.05) is 39.3 Å². The predicted octanol–water partition coefficient (Wildman–Crippen LogP) is 1.08. The van der Waals surface area contributed by atoms with Gasteiger partial charge in [-0.1, -0.05) is 0 Å². The maximum atomic E-state index is 12.6. The van der Waals surface area contributed by atoms with Crippen molar-refractivity contribution in [1.29, 1.82) is 0 Å². The van der Waals surface area contributed by atoms with Crippen molar-refractivity contribution in [1.82, 2.24) is 15.1 Å². The SMILES string of the molecule is CC(N1CCN(C(=O)CNCC2CC2)CC1)C(F)(F)F. The van der Waals surface area contributed by atoms with Crippen molar-refractivity contribution >= 4 is 5.91 Å². The first-order valence-electron chi connectivity index (χ1n) is 7.17. The Morgan fingerprint density at radius 1 is 1.25 bits per heavy atom. The van der Waals surface area contributed by atoms with E-state index in [2.05, 4.69) is 5.32 Å². The van der Waals surface area contributed by atoms with Crippen LogP contribution >= 0.6 is 0 Å². The van der Waals surface area contributed by atoms with E-state index in [1.807, 2.05) is 0 Å². The Hall–Kier alpha value is -0.820. The molecule has 20 heavy (non-hydrogen) atoms. The topological polar surface area (TPSA) is 35.6 Å². The number of hydrogen-bond donors (Lipinski definition) is 1. The van der Waals surface area contributed by atoms with Gasteiger partial charge in [0.05, 0.1) is 6.54 Å². The minimum atomic E-state index is -4.20. The molecule has 1 saturated heterocycles. The summed E-state index contributed by atoms with van der Waals surface area (Å²) in [6, 6.07) is -1.44. The third kappa shape index (κ3) is 4.34. The Kier molecular flexibility index (Phi) is 4.90. The van der Waals surface area contributed by atoms with E-state index in [4.69, 9.17) is 0 Å². The van der Waals surface area contributed by atoms with Crippen molar-refractivity contribution in [2.24, 2.45) is 5.92 Å². The average Bonchev–Trinajstić information content (AvgIpc) is 3.21. The number of piperazine rings is 1. The molecule has 1 unspecified atom stereocenters. The summed E-state index contributed by atoms with van der Waals surface area (Å²) >= 11 is 0. The van der Waals surface area contributed by atoms with Crippen molar-refractivity contribution in [3.8, 4) is 0 Å². The zero-order chi connectivity index (χ0) is 14.8. The highest BCUT2D eigenvalue weighted by Crippen LogP contribution is 2.27. The molecule has 1 heterocycles. The molecule has 0 spiro atoms. The van der Waals surface area contributed by atoms with Crippen LogP contribution in [-0.4, -0.2) is 67.2 Å². The molecule has 2 fully saturated rings. The maximum Gasteiger partial charge on any atom is 0.403 e. The van der Waals surface area contributed by atoms with E-state index >= 15 is 0 Å². The molecule has 1 aliphatic carbocycles. The maximum absolute atomic E-state index is 12.6. The highest BCUT2D eigenvalue weighted by Gasteiger charge is 2.41. The Morgan fingerprint density at radius 2 is 1.85 bits per heavy atom. The van der Waals surface area contributed by atoms with Crippen LogP contribution in [0.4, 0.5) is 13.2 Å². The molecule has 1 N–H and O–H groups in total. The molecule has 1 aliphatic heterocycles. The van der Waals surface area contributed by atoms with Crippen LogP contribution < -0.4 is 5.32 Å². The number of alkyl halides is 3. The summed E-state index contributed by atoms with van der Waals surface area (Å²) in [5, 5.41) is 3.12. The summed E-state index contributed by atoms with van der Waals surface area (Å²) in [7, 11) is 0. The third-order valence-electron chi connectivity index (χ3n) is 4.09. The van der Waals surface area contributed by atoms with E-state index in [9.17, 15) is 18.0 Å². The lowest BCUT2D eigenvalue weighted by Crippen LogP contribution is -2.55. The number of hydrogen-bond acceptors (Lipinski definition) is 3. The Bertz CT molecular complexity index is 336. The lowest BCUT2D eigenvalue weighted by atomic mass is 10.2.